The number of nitrogens with zero attached hydrogens (tertiary/aromatic N) is 1. The number of ether oxygens (including phenoxy) is 1. The number of likely N-dealkylation sites (N-methyl/N-ethyl adjacent to an activating group) is 1. The van der Waals surface area contributed by atoms with Crippen molar-refractivity contribution in [3.63, 3.8) is 0 Å². The number of aliphatic hydroxyl groups excluding tert-OH is 1. The molecule has 18 heavy (non-hydrogen) atoms. The van der Waals surface area contributed by atoms with Gasteiger partial charge in [-0.05, 0) is 36.1 Å². The van der Waals surface area contributed by atoms with Crippen LogP contribution in [-0.2, 0) is 11.2 Å². The molecule has 0 aromatic heterocycles. The van der Waals surface area contributed by atoms with Crippen molar-refractivity contribution in [3.8, 4) is 5.75 Å². The largest absolute Gasteiger partial charge is 0.481 e. The van der Waals surface area contributed by atoms with E-state index in [1.165, 1.54) is 0 Å². The zero-order valence-corrected chi connectivity index (χ0v) is 10.4. The number of fused-ring (bicyclic) bond motifs is 1. The van der Waals surface area contributed by atoms with E-state index in [1.807, 2.05) is 18.2 Å². The maximum atomic E-state index is 11.8. The molecule has 1 unspecified atom stereocenters. The van der Waals surface area contributed by atoms with Crippen molar-refractivity contribution in [3.05, 3.63) is 29.3 Å². The summed E-state index contributed by atoms with van der Waals surface area (Å²) in [6.07, 6.45) is 1.72. The van der Waals surface area contributed by atoms with Gasteiger partial charge in [0.15, 0.2) is 6.10 Å². The Morgan fingerprint density at radius 1 is 1.39 bits per heavy atom. The average molecular weight is 247 g/mol. The quantitative estimate of drug-likeness (QED) is 0.856. The van der Waals surface area contributed by atoms with Crippen LogP contribution in [0.25, 0.3) is 0 Å². The van der Waals surface area contributed by atoms with E-state index in [1.54, 1.807) is 11.9 Å². The Hall–Kier alpha value is -1.55. The highest BCUT2D eigenvalue weighted by atomic mass is 16.5. The van der Waals surface area contributed by atoms with Crippen molar-refractivity contribution >= 4 is 5.91 Å². The van der Waals surface area contributed by atoms with Crippen LogP contribution in [0.2, 0.25) is 0 Å². The molecular weight excluding hydrogens is 230 g/mol. The van der Waals surface area contributed by atoms with Gasteiger partial charge in [-0.2, -0.15) is 0 Å². The summed E-state index contributed by atoms with van der Waals surface area (Å²) in [5.74, 6) is 0.784. The number of hydrogen-bond acceptors (Lipinski definition) is 3. The molecule has 1 aromatic carbocycles. The summed E-state index contributed by atoms with van der Waals surface area (Å²) in [4.78, 5) is 13.5. The molecule has 4 heteroatoms. The van der Waals surface area contributed by atoms with Gasteiger partial charge < -0.3 is 14.7 Å². The molecule has 1 aliphatic heterocycles. The Kier molecular flexibility index (Phi) is 2.74. The SMILES string of the molecule is CN1CCC(Oc2ccc3c(c2)CC[C@H]3O)C1=O. The van der Waals surface area contributed by atoms with Gasteiger partial charge >= 0.3 is 0 Å². The van der Waals surface area contributed by atoms with E-state index in [2.05, 4.69) is 0 Å². The smallest absolute Gasteiger partial charge is 0.263 e. The molecule has 0 saturated carbocycles. The Labute approximate surface area is 106 Å². The molecule has 0 radical (unpaired) electrons. The van der Waals surface area contributed by atoms with E-state index in [0.29, 0.717) is 0 Å². The summed E-state index contributed by atoms with van der Waals surface area (Å²) in [6, 6.07) is 5.71. The first-order valence-corrected chi connectivity index (χ1v) is 6.37. The minimum absolute atomic E-state index is 0.0514. The maximum Gasteiger partial charge on any atom is 0.263 e. The molecule has 96 valence electrons. The molecule has 4 nitrogen and oxygen atoms in total. The number of carbonyl (C=O) groups is 1. The van der Waals surface area contributed by atoms with E-state index in [9.17, 15) is 9.90 Å². The van der Waals surface area contributed by atoms with Crippen LogP contribution >= 0.6 is 0 Å². The fourth-order valence-corrected chi connectivity index (χ4v) is 2.71. The first-order chi connectivity index (χ1) is 8.65. The van der Waals surface area contributed by atoms with Gasteiger partial charge in [-0.15, -0.1) is 0 Å². The van der Waals surface area contributed by atoms with Crippen LogP contribution in [0.4, 0.5) is 0 Å². The van der Waals surface area contributed by atoms with Crippen molar-refractivity contribution in [1.82, 2.24) is 4.90 Å². The molecule has 1 aromatic rings. The molecule has 2 aliphatic rings. The van der Waals surface area contributed by atoms with Crippen LogP contribution in [0.1, 0.15) is 30.1 Å². The Balaban J connectivity index is 1.76. The first kappa shape index (κ1) is 11.5. The molecule has 0 spiro atoms. The summed E-state index contributed by atoms with van der Waals surface area (Å²) in [5.41, 5.74) is 2.14. The summed E-state index contributed by atoms with van der Waals surface area (Å²) in [6.45, 7) is 0.757. The zero-order valence-electron chi connectivity index (χ0n) is 10.4. The average Bonchev–Trinajstić information content (AvgIpc) is 2.88. The lowest BCUT2D eigenvalue weighted by Gasteiger charge is -2.14. The van der Waals surface area contributed by atoms with Gasteiger partial charge in [0.2, 0.25) is 0 Å². The molecule has 0 bridgehead atoms. The van der Waals surface area contributed by atoms with Gasteiger partial charge in [-0.25, -0.2) is 0 Å². The van der Waals surface area contributed by atoms with E-state index in [4.69, 9.17) is 4.74 Å². The highest BCUT2D eigenvalue weighted by Gasteiger charge is 2.31. The lowest BCUT2D eigenvalue weighted by atomic mass is 10.1. The van der Waals surface area contributed by atoms with E-state index in [-0.39, 0.29) is 18.1 Å². The Bertz CT molecular complexity index is 486. The van der Waals surface area contributed by atoms with Crippen molar-refractivity contribution in [2.24, 2.45) is 0 Å². The second-order valence-electron chi connectivity index (χ2n) is 5.07. The minimum Gasteiger partial charge on any atom is -0.481 e. The van der Waals surface area contributed by atoms with Crippen LogP contribution in [0.15, 0.2) is 18.2 Å². The standard InChI is InChI=1S/C14H17NO3/c1-15-7-6-13(14(15)17)18-10-3-4-11-9(8-10)2-5-12(11)16/h3-4,8,12-13,16H,2,5-7H2,1H3/t12-,13?/m1/s1. The molecule has 1 amide bonds. The number of aryl methyl sites for hydroxylation is 1. The van der Waals surface area contributed by atoms with Crippen molar-refractivity contribution < 1.29 is 14.6 Å². The second kappa shape index (κ2) is 4.28. The topological polar surface area (TPSA) is 49.8 Å². The monoisotopic (exact) mass is 247 g/mol. The number of aliphatic hydroxyl groups is 1. The molecule has 2 atom stereocenters. The van der Waals surface area contributed by atoms with Gasteiger partial charge in [0.25, 0.3) is 5.91 Å². The number of benzene rings is 1. The third kappa shape index (κ3) is 1.86. The molecule has 1 saturated heterocycles. The summed E-state index contributed by atoms with van der Waals surface area (Å²) >= 11 is 0. The van der Waals surface area contributed by atoms with E-state index >= 15 is 0 Å². The van der Waals surface area contributed by atoms with Crippen molar-refractivity contribution in [1.29, 1.82) is 0 Å². The summed E-state index contributed by atoms with van der Waals surface area (Å²) in [5, 5.41) is 9.73. The molecule has 3 rings (SSSR count). The fraction of sp³-hybridized carbons (Fsp3) is 0.500. The van der Waals surface area contributed by atoms with Crippen LogP contribution in [-0.4, -0.2) is 35.6 Å². The van der Waals surface area contributed by atoms with Gasteiger partial charge in [0.05, 0.1) is 6.10 Å². The molecule has 1 fully saturated rings. The predicted octanol–water partition coefficient (Wildman–Crippen LogP) is 1.28. The van der Waals surface area contributed by atoms with Gasteiger partial charge in [0.1, 0.15) is 5.75 Å². The fourth-order valence-electron chi connectivity index (χ4n) is 2.71. The number of amides is 1. The lowest BCUT2D eigenvalue weighted by molar-refractivity contribution is -0.132. The number of carbonyl (C=O) groups excluding carboxylic acids is 1. The molecule has 1 aliphatic carbocycles. The van der Waals surface area contributed by atoms with Crippen LogP contribution in [0.3, 0.4) is 0 Å². The Morgan fingerprint density at radius 2 is 2.22 bits per heavy atom. The molecular formula is C14H17NO3. The lowest BCUT2D eigenvalue weighted by Crippen LogP contribution is -2.29. The predicted molar refractivity (Wildman–Crippen MR) is 66.4 cm³/mol. The van der Waals surface area contributed by atoms with Crippen molar-refractivity contribution in [2.45, 2.75) is 31.5 Å². The van der Waals surface area contributed by atoms with Crippen LogP contribution in [0, 0.1) is 0 Å². The minimum atomic E-state index is -0.348. The van der Waals surface area contributed by atoms with E-state index in [0.717, 1.165) is 42.7 Å². The first-order valence-electron chi connectivity index (χ1n) is 6.37. The van der Waals surface area contributed by atoms with Crippen molar-refractivity contribution in [2.75, 3.05) is 13.6 Å². The number of rotatable bonds is 2. The number of hydrogen-bond donors (Lipinski definition) is 1. The third-order valence-electron chi connectivity index (χ3n) is 3.82. The summed E-state index contributed by atoms with van der Waals surface area (Å²) < 4.78 is 5.75. The number of likely N-dealkylation sites (tertiary alicyclic amines) is 1. The summed E-state index contributed by atoms with van der Waals surface area (Å²) in [7, 11) is 1.80. The zero-order chi connectivity index (χ0) is 12.7. The molecule has 1 N–H and O–H groups in total. The third-order valence-corrected chi connectivity index (χ3v) is 3.82. The van der Waals surface area contributed by atoms with Crippen LogP contribution in [0.5, 0.6) is 5.75 Å². The highest BCUT2D eigenvalue weighted by molar-refractivity contribution is 5.83. The Morgan fingerprint density at radius 3 is 2.94 bits per heavy atom. The highest BCUT2D eigenvalue weighted by Crippen LogP contribution is 2.33. The maximum absolute atomic E-state index is 11.8. The van der Waals surface area contributed by atoms with Gasteiger partial charge in [-0.1, -0.05) is 6.07 Å². The molecule has 1 heterocycles. The van der Waals surface area contributed by atoms with Crippen LogP contribution < -0.4 is 4.74 Å². The van der Waals surface area contributed by atoms with E-state index < -0.39 is 0 Å². The van der Waals surface area contributed by atoms with Gasteiger partial charge in [-0.3, -0.25) is 4.79 Å². The second-order valence-corrected chi connectivity index (χ2v) is 5.07. The van der Waals surface area contributed by atoms with Gasteiger partial charge in [0, 0.05) is 20.0 Å². The normalized spacial score (nSPS) is 26.6.